The number of rotatable bonds is 2. The molecule has 24 heavy (non-hydrogen) atoms. The number of benzene rings is 2. The van der Waals surface area contributed by atoms with Gasteiger partial charge in [0, 0.05) is 24.5 Å². The molecule has 0 bridgehead atoms. The maximum atomic E-state index is 13.3. The molecule has 2 saturated heterocycles. The third-order valence-corrected chi connectivity index (χ3v) is 7.17. The summed E-state index contributed by atoms with van der Waals surface area (Å²) < 4.78 is 28.0. The van der Waals surface area contributed by atoms with Crippen molar-refractivity contribution >= 4 is 26.7 Å². The minimum Gasteiger partial charge on any atom is -0.337 e. The number of fused-ring (bicyclic) bond motifs is 2. The van der Waals surface area contributed by atoms with Crippen molar-refractivity contribution in [2.75, 3.05) is 13.1 Å². The standard InChI is InChI=1S/C18H20N2O3S/c1-13-18(21)19-11-5-8-15(19)12-20(13)24(22,23)17-10-4-7-14-6-2-3-9-16(14)17/h2-4,6-7,9-10,13,15H,5,8,11-12H2,1H3/t13-,15+/m1/s1. The van der Waals surface area contributed by atoms with Crippen LogP contribution in [0.25, 0.3) is 10.8 Å². The fraction of sp³-hybridized carbons (Fsp3) is 0.389. The lowest BCUT2D eigenvalue weighted by Gasteiger charge is -2.40. The first-order valence-electron chi connectivity index (χ1n) is 8.30. The Labute approximate surface area is 141 Å². The minimum absolute atomic E-state index is 0.0125. The molecule has 4 rings (SSSR count). The van der Waals surface area contributed by atoms with E-state index in [4.69, 9.17) is 0 Å². The molecule has 6 heteroatoms. The van der Waals surface area contributed by atoms with Crippen molar-refractivity contribution in [1.29, 1.82) is 0 Å². The Bertz CT molecular complexity index is 904. The Morgan fingerprint density at radius 1 is 1.08 bits per heavy atom. The number of amides is 1. The molecule has 2 fully saturated rings. The molecule has 126 valence electrons. The maximum Gasteiger partial charge on any atom is 0.244 e. The van der Waals surface area contributed by atoms with Crippen molar-refractivity contribution in [3.63, 3.8) is 0 Å². The third-order valence-electron chi connectivity index (χ3n) is 5.18. The second-order valence-electron chi connectivity index (χ2n) is 6.56. The third kappa shape index (κ3) is 2.24. The van der Waals surface area contributed by atoms with Gasteiger partial charge in [0.05, 0.1) is 4.90 Å². The SMILES string of the molecule is C[C@@H]1C(=O)N2CCC[C@H]2CN1S(=O)(=O)c1cccc2ccccc12. The van der Waals surface area contributed by atoms with E-state index in [2.05, 4.69) is 0 Å². The fourth-order valence-corrected chi connectivity index (χ4v) is 5.74. The zero-order chi connectivity index (χ0) is 16.9. The molecule has 0 aromatic heterocycles. The number of carbonyl (C=O) groups is 1. The molecular weight excluding hydrogens is 324 g/mol. The number of nitrogens with zero attached hydrogens (tertiary/aromatic N) is 2. The van der Waals surface area contributed by atoms with Crippen molar-refractivity contribution in [2.45, 2.75) is 36.7 Å². The van der Waals surface area contributed by atoms with Gasteiger partial charge >= 0.3 is 0 Å². The predicted octanol–water partition coefficient (Wildman–Crippen LogP) is 2.22. The van der Waals surface area contributed by atoms with Crippen LogP contribution in [0, 0.1) is 0 Å². The van der Waals surface area contributed by atoms with Crippen molar-refractivity contribution in [3.8, 4) is 0 Å². The van der Waals surface area contributed by atoms with Gasteiger partial charge in [-0.05, 0) is 31.2 Å². The first kappa shape index (κ1) is 15.6. The molecule has 0 unspecified atom stereocenters. The molecule has 2 atom stereocenters. The summed E-state index contributed by atoms with van der Waals surface area (Å²) in [6.45, 7) is 2.83. The summed E-state index contributed by atoms with van der Waals surface area (Å²) >= 11 is 0. The summed E-state index contributed by atoms with van der Waals surface area (Å²) in [4.78, 5) is 14.7. The summed E-state index contributed by atoms with van der Waals surface area (Å²) in [6, 6.07) is 12.1. The van der Waals surface area contributed by atoms with Gasteiger partial charge in [0.2, 0.25) is 15.9 Å². The van der Waals surface area contributed by atoms with E-state index in [1.807, 2.05) is 35.2 Å². The highest BCUT2D eigenvalue weighted by Gasteiger charge is 2.45. The van der Waals surface area contributed by atoms with Gasteiger partial charge in [-0.15, -0.1) is 0 Å². The van der Waals surface area contributed by atoms with Crippen LogP contribution in [0.15, 0.2) is 47.4 Å². The minimum atomic E-state index is -3.72. The van der Waals surface area contributed by atoms with Crippen molar-refractivity contribution in [2.24, 2.45) is 0 Å². The number of hydrogen-bond donors (Lipinski definition) is 0. The van der Waals surface area contributed by atoms with Crippen LogP contribution >= 0.6 is 0 Å². The van der Waals surface area contributed by atoms with Crippen LogP contribution in [0.5, 0.6) is 0 Å². The van der Waals surface area contributed by atoms with Crippen molar-refractivity contribution in [1.82, 2.24) is 9.21 Å². The molecule has 0 N–H and O–H groups in total. The highest BCUT2D eigenvalue weighted by Crippen LogP contribution is 2.32. The molecule has 0 saturated carbocycles. The Kier molecular flexibility index (Phi) is 3.62. The molecule has 2 aliphatic heterocycles. The van der Waals surface area contributed by atoms with E-state index in [1.54, 1.807) is 19.1 Å². The molecule has 0 radical (unpaired) electrons. The molecule has 2 aromatic rings. The van der Waals surface area contributed by atoms with E-state index in [0.29, 0.717) is 11.9 Å². The highest BCUT2D eigenvalue weighted by atomic mass is 32.2. The Hall–Kier alpha value is -1.92. The summed E-state index contributed by atoms with van der Waals surface area (Å²) in [5.41, 5.74) is 0. The average Bonchev–Trinajstić information content (AvgIpc) is 3.06. The van der Waals surface area contributed by atoms with Gasteiger partial charge in [-0.1, -0.05) is 36.4 Å². The lowest BCUT2D eigenvalue weighted by atomic mass is 10.1. The van der Waals surface area contributed by atoms with Crippen LogP contribution in [-0.2, 0) is 14.8 Å². The molecule has 5 nitrogen and oxygen atoms in total. The van der Waals surface area contributed by atoms with E-state index < -0.39 is 16.1 Å². The Morgan fingerprint density at radius 3 is 2.67 bits per heavy atom. The summed E-state index contributed by atoms with van der Waals surface area (Å²) in [7, 11) is -3.72. The lowest BCUT2D eigenvalue weighted by Crippen LogP contribution is -2.59. The van der Waals surface area contributed by atoms with Gasteiger partial charge in [0.25, 0.3) is 0 Å². The van der Waals surface area contributed by atoms with E-state index in [0.717, 1.165) is 24.8 Å². The quantitative estimate of drug-likeness (QED) is 0.839. The van der Waals surface area contributed by atoms with Crippen LogP contribution in [0.4, 0.5) is 0 Å². The monoisotopic (exact) mass is 344 g/mol. The molecule has 0 aliphatic carbocycles. The zero-order valence-electron chi connectivity index (χ0n) is 13.6. The first-order chi connectivity index (χ1) is 11.5. The van der Waals surface area contributed by atoms with Crippen molar-refractivity contribution in [3.05, 3.63) is 42.5 Å². The predicted molar refractivity (Wildman–Crippen MR) is 92.0 cm³/mol. The first-order valence-corrected chi connectivity index (χ1v) is 9.74. The van der Waals surface area contributed by atoms with E-state index in [9.17, 15) is 13.2 Å². The van der Waals surface area contributed by atoms with Crippen LogP contribution in [0.3, 0.4) is 0 Å². The number of piperazine rings is 1. The van der Waals surface area contributed by atoms with Crippen LogP contribution in [-0.4, -0.2) is 48.7 Å². The Balaban J connectivity index is 1.80. The topological polar surface area (TPSA) is 57.7 Å². The van der Waals surface area contributed by atoms with E-state index in [1.165, 1.54) is 4.31 Å². The average molecular weight is 344 g/mol. The summed E-state index contributed by atoms with van der Waals surface area (Å²) in [5, 5.41) is 1.59. The highest BCUT2D eigenvalue weighted by molar-refractivity contribution is 7.89. The van der Waals surface area contributed by atoms with Crippen molar-refractivity contribution < 1.29 is 13.2 Å². The smallest absolute Gasteiger partial charge is 0.244 e. The molecule has 2 aromatic carbocycles. The summed E-state index contributed by atoms with van der Waals surface area (Å²) in [6.07, 6.45) is 1.82. The maximum absolute atomic E-state index is 13.3. The van der Waals surface area contributed by atoms with Gasteiger partial charge in [-0.25, -0.2) is 8.42 Å². The molecule has 2 aliphatic rings. The van der Waals surface area contributed by atoms with Crippen LogP contribution in [0.2, 0.25) is 0 Å². The second-order valence-corrected chi connectivity index (χ2v) is 8.41. The molecule has 0 spiro atoms. The largest absolute Gasteiger partial charge is 0.337 e. The van der Waals surface area contributed by atoms with E-state index in [-0.39, 0.29) is 16.8 Å². The van der Waals surface area contributed by atoms with E-state index >= 15 is 0 Å². The number of hydrogen-bond acceptors (Lipinski definition) is 3. The van der Waals surface area contributed by atoms with Gasteiger partial charge in [-0.2, -0.15) is 4.31 Å². The molecule has 1 amide bonds. The summed E-state index contributed by atoms with van der Waals surface area (Å²) in [5.74, 6) is -0.0763. The zero-order valence-corrected chi connectivity index (χ0v) is 14.4. The fourth-order valence-electron chi connectivity index (χ4n) is 3.90. The normalized spacial score (nSPS) is 25.2. The second kappa shape index (κ2) is 5.57. The number of carbonyl (C=O) groups excluding carboxylic acids is 1. The number of sulfonamides is 1. The Morgan fingerprint density at radius 2 is 1.83 bits per heavy atom. The molecule has 2 heterocycles. The van der Waals surface area contributed by atoms with Gasteiger partial charge < -0.3 is 4.90 Å². The molecular formula is C18H20N2O3S. The van der Waals surface area contributed by atoms with Crippen LogP contribution < -0.4 is 0 Å². The van der Waals surface area contributed by atoms with Gasteiger partial charge in [-0.3, -0.25) is 4.79 Å². The van der Waals surface area contributed by atoms with Gasteiger partial charge in [0.1, 0.15) is 6.04 Å². The van der Waals surface area contributed by atoms with Crippen LogP contribution in [0.1, 0.15) is 19.8 Å². The van der Waals surface area contributed by atoms with Gasteiger partial charge in [0.15, 0.2) is 0 Å². The lowest BCUT2D eigenvalue weighted by molar-refractivity contribution is -0.139.